The molecule has 2 rings (SSSR count). The Hall–Kier alpha value is -3.30. The number of nitrogens with one attached hydrogen (secondary N) is 1. The van der Waals surface area contributed by atoms with E-state index in [4.69, 9.17) is 9.47 Å². The van der Waals surface area contributed by atoms with Gasteiger partial charge < -0.3 is 14.8 Å². The molecule has 2 aromatic rings. The molecule has 0 atom stereocenters. The lowest BCUT2D eigenvalue weighted by molar-refractivity contribution is -0.123. The number of Topliss-reactive ketones (excluding diaryl/α,β-unsaturated/α-hetero) is 3. The standard InChI is InChI=1S/C30H41N3O6/c1-19(2)27(34)11-13-38-17-24(18-39-14-12-28(35)20(3)4)33-30(37)26-10-8-23(16-32-26)22-7-9-25(31-15-22)29(36)21(5)6/h7-10,15-16,19-21,24H,11-14,17-18H2,1-6H3,(H,33,37). The molecule has 0 aliphatic carbocycles. The van der Waals surface area contributed by atoms with E-state index < -0.39 is 11.9 Å². The Balaban J connectivity index is 1.99. The minimum atomic E-state index is -0.488. The van der Waals surface area contributed by atoms with Crippen LogP contribution in [-0.4, -0.2) is 65.7 Å². The van der Waals surface area contributed by atoms with Gasteiger partial charge in [-0.15, -0.1) is 0 Å². The Morgan fingerprint density at radius 1 is 0.692 bits per heavy atom. The quantitative estimate of drug-likeness (QED) is 0.232. The fraction of sp³-hybridized carbons (Fsp3) is 0.533. The van der Waals surface area contributed by atoms with Crippen molar-refractivity contribution in [3.8, 4) is 11.1 Å². The summed E-state index contributed by atoms with van der Waals surface area (Å²) in [5.74, 6) is -0.446. The topological polar surface area (TPSA) is 125 Å². The Labute approximate surface area is 231 Å². The highest BCUT2D eigenvalue weighted by Crippen LogP contribution is 2.19. The lowest BCUT2D eigenvalue weighted by Gasteiger charge is -2.19. The van der Waals surface area contributed by atoms with E-state index in [2.05, 4.69) is 15.3 Å². The number of ketones is 3. The number of nitrogens with zero attached hydrogens (tertiary/aromatic N) is 2. The van der Waals surface area contributed by atoms with Gasteiger partial charge in [0.05, 0.1) is 32.5 Å². The van der Waals surface area contributed by atoms with Crippen molar-refractivity contribution in [2.24, 2.45) is 17.8 Å². The lowest BCUT2D eigenvalue weighted by atomic mass is 10.0. The van der Waals surface area contributed by atoms with E-state index in [0.717, 1.165) is 11.1 Å². The molecule has 0 aliphatic heterocycles. The Kier molecular flexibility index (Phi) is 13.1. The highest BCUT2D eigenvalue weighted by molar-refractivity contribution is 5.96. The van der Waals surface area contributed by atoms with Gasteiger partial charge in [0, 0.05) is 54.1 Å². The van der Waals surface area contributed by atoms with Crippen molar-refractivity contribution >= 4 is 23.3 Å². The zero-order valence-electron chi connectivity index (χ0n) is 23.9. The van der Waals surface area contributed by atoms with Crippen LogP contribution in [0.1, 0.15) is 75.4 Å². The fourth-order valence-corrected chi connectivity index (χ4v) is 3.47. The molecule has 0 bridgehead atoms. The van der Waals surface area contributed by atoms with E-state index in [9.17, 15) is 19.2 Å². The van der Waals surface area contributed by atoms with E-state index in [-0.39, 0.29) is 67.2 Å². The molecule has 39 heavy (non-hydrogen) atoms. The largest absolute Gasteiger partial charge is 0.379 e. The molecule has 0 fully saturated rings. The van der Waals surface area contributed by atoms with Gasteiger partial charge in [-0.25, -0.2) is 0 Å². The number of pyridine rings is 2. The van der Waals surface area contributed by atoms with Crippen molar-refractivity contribution in [3.63, 3.8) is 0 Å². The predicted molar refractivity (Wildman–Crippen MR) is 148 cm³/mol. The van der Waals surface area contributed by atoms with Crippen LogP contribution in [-0.2, 0) is 19.1 Å². The number of aromatic nitrogens is 2. The third-order valence-electron chi connectivity index (χ3n) is 6.12. The molecular formula is C30H41N3O6. The van der Waals surface area contributed by atoms with Crippen molar-refractivity contribution in [1.29, 1.82) is 0 Å². The second-order valence-electron chi connectivity index (χ2n) is 10.4. The number of rotatable bonds is 17. The third-order valence-corrected chi connectivity index (χ3v) is 6.12. The van der Waals surface area contributed by atoms with E-state index in [1.807, 2.05) is 41.5 Å². The summed E-state index contributed by atoms with van der Waals surface area (Å²) < 4.78 is 11.3. The number of ether oxygens (including phenoxy) is 2. The highest BCUT2D eigenvalue weighted by Gasteiger charge is 2.18. The zero-order valence-corrected chi connectivity index (χ0v) is 23.9. The average Bonchev–Trinajstić information content (AvgIpc) is 2.92. The van der Waals surface area contributed by atoms with Crippen LogP contribution in [0.4, 0.5) is 0 Å². The summed E-state index contributed by atoms with van der Waals surface area (Å²) in [6.07, 6.45) is 3.79. The molecule has 0 unspecified atom stereocenters. The second kappa shape index (κ2) is 16.0. The highest BCUT2D eigenvalue weighted by atomic mass is 16.5. The van der Waals surface area contributed by atoms with Crippen LogP contribution in [0.2, 0.25) is 0 Å². The van der Waals surface area contributed by atoms with Crippen molar-refractivity contribution in [2.75, 3.05) is 26.4 Å². The predicted octanol–water partition coefficient (Wildman–Crippen LogP) is 4.34. The molecule has 0 aromatic carbocycles. The molecule has 9 heteroatoms. The third kappa shape index (κ3) is 10.8. The number of carbonyl (C=O) groups is 4. The second-order valence-corrected chi connectivity index (χ2v) is 10.4. The summed E-state index contributed by atoms with van der Waals surface area (Å²) >= 11 is 0. The number of amides is 1. The molecule has 0 saturated carbocycles. The van der Waals surface area contributed by atoms with Crippen molar-refractivity contribution in [3.05, 3.63) is 48.0 Å². The van der Waals surface area contributed by atoms with Gasteiger partial charge in [-0.1, -0.05) is 53.7 Å². The van der Waals surface area contributed by atoms with Crippen molar-refractivity contribution < 1.29 is 28.7 Å². The minimum absolute atomic E-state index is 0.0211. The molecule has 0 spiro atoms. The molecule has 0 saturated heterocycles. The SMILES string of the molecule is CC(C)C(=O)CCOCC(COCCC(=O)C(C)C)NC(=O)c1ccc(-c2ccc(C(=O)C(C)C)nc2)cn1. The first-order chi connectivity index (χ1) is 18.5. The minimum Gasteiger partial charge on any atom is -0.379 e. The molecule has 1 N–H and O–H groups in total. The van der Waals surface area contributed by atoms with Crippen LogP contribution in [0.15, 0.2) is 36.7 Å². The van der Waals surface area contributed by atoms with Crippen LogP contribution >= 0.6 is 0 Å². The van der Waals surface area contributed by atoms with Crippen molar-refractivity contribution in [2.45, 2.75) is 60.4 Å². The van der Waals surface area contributed by atoms with Gasteiger partial charge in [0.2, 0.25) is 0 Å². The van der Waals surface area contributed by atoms with E-state index in [1.54, 1.807) is 36.7 Å². The van der Waals surface area contributed by atoms with Gasteiger partial charge in [-0.05, 0) is 12.1 Å². The molecule has 9 nitrogen and oxygen atoms in total. The van der Waals surface area contributed by atoms with Gasteiger partial charge in [0.1, 0.15) is 23.0 Å². The van der Waals surface area contributed by atoms with Crippen LogP contribution in [0.5, 0.6) is 0 Å². The molecule has 2 aromatic heterocycles. The Morgan fingerprint density at radius 3 is 1.54 bits per heavy atom. The summed E-state index contributed by atoms with van der Waals surface area (Å²) in [5, 5.41) is 2.87. The first-order valence-corrected chi connectivity index (χ1v) is 13.5. The summed E-state index contributed by atoms with van der Waals surface area (Å²) in [5.41, 5.74) is 2.17. The normalized spacial score (nSPS) is 11.4. The number of hydrogen-bond acceptors (Lipinski definition) is 8. The van der Waals surface area contributed by atoms with E-state index in [1.165, 1.54) is 0 Å². The maximum absolute atomic E-state index is 12.9. The monoisotopic (exact) mass is 539 g/mol. The van der Waals surface area contributed by atoms with Crippen LogP contribution < -0.4 is 5.32 Å². The van der Waals surface area contributed by atoms with Gasteiger partial charge >= 0.3 is 0 Å². The van der Waals surface area contributed by atoms with E-state index in [0.29, 0.717) is 18.5 Å². The first-order valence-electron chi connectivity index (χ1n) is 13.5. The van der Waals surface area contributed by atoms with Crippen LogP contribution in [0.25, 0.3) is 11.1 Å². The number of hydrogen-bond donors (Lipinski definition) is 1. The summed E-state index contributed by atoms with van der Waals surface area (Å²) in [4.78, 5) is 57.3. The Morgan fingerprint density at radius 2 is 1.15 bits per heavy atom. The van der Waals surface area contributed by atoms with Crippen LogP contribution in [0, 0.1) is 17.8 Å². The summed E-state index contributed by atoms with van der Waals surface area (Å²) in [7, 11) is 0. The molecule has 0 aliphatic rings. The molecular weight excluding hydrogens is 498 g/mol. The van der Waals surface area contributed by atoms with Gasteiger partial charge in [0.15, 0.2) is 5.78 Å². The van der Waals surface area contributed by atoms with Gasteiger partial charge in [0.25, 0.3) is 5.91 Å². The molecule has 2 heterocycles. The Bertz CT molecular complexity index is 1070. The fourth-order valence-electron chi connectivity index (χ4n) is 3.47. The van der Waals surface area contributed by atoms with Gasteiger partial charge in [-0.3, -0.25) is 29.1 Å². The first kappa shape index (κ1) is 31.9. The number of carbonyl (C=O) groups excluding carboxylic acids is 4. The summed E-state index contributed by atoms with van der Waals surface area (Å²) in [6, 6.07) is 6.38. The van der Waals surface area contributed by atoms with E-state index >= 15 is 0 Å². The van der Waals surface area contributed by atoms with Crippen LogP contribution in [0.3, 0.4) is 0 Å². The van der Waals surface area contributed by atoms with Crippen molar-refractivity contribution in [1.82, 2.24) is 15.3 Å². The summed E-state index contributed by atoms with van der Waals surface area (Å²) in [6.45, 7) is 11.8. The average molecular weight is 540 g/mol. The van der Waals surface area contributed by atoms with Gasteiger partial charge in [-0.2, -0.15) is 0 Å². The lowest BCUT2D eigenvalue weighted by Crippen LogP contribution is -2.42. The zero-order chi connectivity index (χ0) is 28.9. The maximum atomic E-state index is 12.9. The molecule has 0 radical (unpaired) electrons. The smallest absolute Gasteiger partial charge is 0.270 e. The molecule has 212 valence electrons. The molecule has 1 amide bonds. The maximum Gasteiger partial charge on any atom is 0.270 e.